The molecule has 0 saturated heterocycles. The Kier molecular flexibility index (Phi) is 5.02. The van der Waals surface area contributed by atoms with Crippen molar-refractivity contribution in [3.05, 3.63) is 59.2 Å². The van der Waals surface area contributed by atoms with Gasteiger partial charge in [-0.05, 0) is 30.7 Å². The zero-order valence-corrected chi connectivity index (χ0v) is 14.3. The third-order valence-corrected chi connectivity index (χ3v) is 4.21. The number of phenols is 1. The molecule has 0 saturated carbocycles. The fourth-order valence-electron chi connectivity index (χ4n) is 2.94. The van der Waals surface area contributed by atoms with Crippen LogP contribution in [0.25, 0.3) is 0 Å². The van der Waals surface area contributed by atoms with Crippen molar-refractivity contribution in [3.63, 3.8) is 0 Å². The number of rotatable bonds is 6. The number of phenolic OH excluding ortho intramolecular Hbond substituents is 1. The molecular formula is C20H19NO5. The van der Waals surface area contributed by atoms with Crippen LogP contribution in [0.5, 0.6) is 5.75 Å². The van der Waals surface area contributed by atoms with Crippen LogP contribution in [-0.4, -0.2) is 22.8 Å². The van der Waals surface area contributed by atoms with Crippen molar-refractivity contribution in [2.24, 2.45) is 0 Å². The summed E-state index contributed by atoms with van der Waals surface area (Å²) in [4.78, 5) is 36.2. The lowest BCUT2D eigenvalue weighted by molar-refractivity contribution is -0.116. The molecule has 0 spiro atoms. The van der Waals surface area contributed by atoms with E-state index in [1.807, 2.05) is 6.92 Å². The summed E-state index contributed by atoms with van der Waals surface area (Å²) in [5.74, 6) is -1.16. The largest absolute Gasteiger partial charge is 0.507 e. The summed E-state index contributed by atoms with van der Waals surface area (Å²) in [6, 6.07) is 11.3. The minimum absolute atomic E-state index is 0.0807. The maximum absolute atomic E-state index is 12.6. The van der Waals surface area contributed by atoms with Crippen LogP contribution >= 0.6 is 0 Å². The molecule has 1 aliphatic rings. The Morgan fingerprint density at radius 3 is 2.73 bits per heavy atom. The Balaban J connectivity index is 1.78. The molecule has 0 bridgehead atoms. The SMILES string of the molecule is CCCC(=O)Nc1ccc(O)c(C(=O)C[C@@H]2OC(=O)c3ccccc32)c1. The van der Waals surface area contributed by atoms with Gasteiger partial charge in [0.15, 0.2) is 5.78 Å². The van der Waals surface area contributed by atoms with Crippen LogP contribution in [0.3, 0.4) is 0 Å². The number of esters is 1. The van der Waals surface area contributed by atoms with Gasteiger partial charge in [-0.2, -0.15) is 0 Å². The second-order valence-electron chi connectivity index (χ2n) is 6.14. The summed E-state index contributed by atoms with van der Waals surface area (Å²) in [6.45, 7) is 1.89. The molecule has 1 aliphatic heterocycles. The van der Waals surface area contributed by atoms with Crippen molar-refractivity contribution in [1.82, 2.24) is 0 Å². The minimum Gasteiger partial charge on any atom is -0.507 e. The molecule has 1 amide bonds. The molecule has 2 aromatic carbocycles. The van der Waals surface area contributed by atoms with Gasteiger partial charge in [-0.15, -0.1) is 0 Å². The molecule has 0 aliphatic carbocycles. The van der Waals surface area contributed by atoms with Crippen molar-refractivity contribution < 1.29 is 24.2 Å². The van der Waals surface area contributed by atoms with Gasteiger partial charge in [0.2, 0.25) is 5.91 Å². The fourth-order valence-corrected chi connectivity index (χ4v) is 2.94. The molecule has 0 fully saturated rings. The average molecular weight is 353 g/mol. The molecule has 1 atom stereocenters. The number of ether oxygens (including phenoxy) is 1. The van der Waals surface area contributed by atoms with Gasteiger partial charge in [0.25, 0.3) is 0 Å². The molecule has 3 rings (SSSR count). The highest BCUT2D eigenvalue weighted by Gasteiger charge is 2.32. The Labute approximate surface area is 150 Å². The molecule has 0 aromatic heterocycles. The number of hydrogen-bond acceptors (Lipinski definition) is 5. The van der Waals surface area contributed by atoms with Crippen LogP contribution in [-0.2, 0) is 9.53 Å². The van der Waals surface area contributed by atoms with Crippen LogP contribution in [0.4, 0.5) is 5.69 Å². The lowest BCUT2D eigenvalue weighted by atomic mass is 9.98. The zero-order chi connectivity index (χ0) is 18.7. The van der Waals surface area contributed by atoms with Crippen molar-refractivity contribution in [3.8, 4) is 5.75 Å². The van der Waals surface area contributed by atoms with Gasteiger partial charge >= 0.3 is 5.97 Å². The molecule has 26 heavy (non-hydrogen) atoms. The van der Waals surface area contributed by atoms with E-state index >= 15 is 0 Å². The molecule has 2 N–H and O–H groups in total. The smallest absolute Gasteiger partial charge is 0.339 e. The lowest BCUT2D eigenvalue weighted by Crippen LogP contribution is -2.12. The molecule has 134 valence electrons. The number of anilines is 1. The maximum Gasteiger partial charge on any atom is 0.339 e. The number of carbonyl (C=O) groups is 3. The highest BCUT2D eigenvalue weighted by Crippen LogP contribution is 2.35. The van der Waals surface area contributed by atoms with Gasteiger partial charge in [-0.1, -0.05) is 25.1 Å². The lowest BCUT2D eigenvalue weighted by Gasteiger charge is -2.12. The summed E-state index contributed by atoms with van der Waals surface area (Å²) >= 11 is 0. The van der Waals surface area contributed by atoms with Gasteiger partial charge in [-0.25, -0.2) is 4.79 Å². The summed E-state index contributed by atoms with van der Waals surface area (Å²) < 4.78 is 5.28. The molecule has 0 radical (unpaired) electrons. The van der Waals surface area contributed by atoms with Crippen LogP contribution in [0.2, 0.25) is 0 Å². The number of fused-ring (bicyclic) bond motifs is 1. The summed E-state index contributed by atoms with van der Waals surface area (Å²) in [6.07, 6.45) is 0.327. The van der Waals surface area contributed by atoms with Gasteiger partial charge in [0.05, 0.1) is 17.5 Å². The van der Waals surface area contributed by atoms with E-state index in [9.17, 15) is 19.5 Å². The standard InChI is InChI=1S/C20H19NO5/c1-2-5-19(24)21-12-8-9-16(22)15(10-12)17(23)11-18-13-6-3-4-7-14(13)20(25)26-18/h3-4,6-10,18,22H,2,5,11H2,1H3,(H,21,24)/t18-/m0/s1. The van der Waals surface area contributed by atoms with Crippen LogP contribution < -0.4 is 5.32 Å². The van der Waals surface area contributed by atoms with Crippen LogP contribution in [0.1, 0.15) is 58.6 Å². The highest BCUT2D eigenvalue weighted by atomic mass is 16.5. The van der Waals surface area contributed by atoms with Gasteiger partial charge in [0, 0.05) is 17.7 Å². The number of ketones is 1. The predicted molar refractivity (Wildman–Crippen MR) is 95.2 cm³/mol. The van der Waals surface area contributed by atoms with Crippen molar-refractivity contribution in [2.75, 3.05) is 5.32 Å². The second-order valence-corrected chi connectivity index (χ2v) is 6.14. The number of amides is 1. The quantitative estimate of drug-likeness (QED) is 0.470. The first-order valence-corrected chi connectivity index (χ1v) is 8.45. The van der Waals surface area contributed by atoms with E-state index in [4.69, 9.17) is 4.74 Å². The van der Waals surface area contributed by atoms with Crippen molar-refractivity contribution in [1.29, 1.82) is 0 Å². The van der Waals surface area contributed by atoms with E-state index in [1.165, 1.54) is 18.2 Å². The molecular weight excluding hydrogens is 334 g/mol. The first-order chi connectivity index (χ1) is 12.5. The number of carbonyl (C=O) groups excluding carboxylic acids is 3. The van der Waals surface area contributed by atoms with Crippen LogP contribution in [0.15, 0.2) is 42.5 Å². The average Bonchev–Trinajstić information content (AvgIpc) is 2.93. The monoisotopic (exact) mass is 353 g/mol. The molecule has 6 nitrogen and oxygen atoms in total. The van der Waals surface area contributed by atoms with E-state index < -0.39 is 12.1 Å². The first-order valence-electron chi connectivity index (χ1n) is 8.45. The maximum atomic E-state index is 12.6. The third-order valence-electron chi connectivity index (χ3n) is 4.21. The summed E-state index contributed by atoms with van der Waals surface area (Å²) in [7, 11) is 0. The van der Waals surface area contributed by atoms with Gasteiger partial charge in [-0.3, -0.25) is 9.59 Å². The summed E-state index contributed by atoms with van der Waals surface area (Å²) in [5.41, 5.74) is 1.64. The van der Waals surface area contributed by atoms with Crippen molar-refractivity contribution in [2.45, 2.75) is 32.3 Å². The second kappa shape index (κ2) is 7.39. The highest BCUT2D eigenvalue weighted by molar-refractivity contribution is 6.02. The van der Waals surface area contributed by atoms with E-state index in [2.05, 4.69) is 5.32 Å². The van der Waals surface area contributed by atoms with Gasteiger partial charge < -0.3 is 15.2 Å². The van der Waals surface area contributed by atoms with Gasteiger partial charge in [0.1, 0.15) is 11.9 Å². The first kappa shape index (κ1) is 17.7. The Hall–Kier alpha value is -3.15. The van der Waals surface area contributed by atoms with E-state index in [0.29, 0.717) is 29.7 Å². The van der Waals surface area contributed by atoms with Crippen molar-refractivity contribution >= 4 is 23.3 Å². The molecule has 1 heterocycles. The molecule has 6 heteroatoms. The van der Waals surface area contributed by atoms with E-state index in [1.54, 1.807) is 24.3 Å². The normalized spacial score (nSPS) is 15.3. The number of benzene rings is 2. The number of hydrogen-bond donors (Lipinski definition) is 2. The topological polar surface area (TPSA) is 92.7 Å². The number of Topliss-reactive ketones (excluding diaryl/α,β-unsaturated/α-hetero) is 1. The fraction of sp³-hybridized carbons (Fsp3) is 0.250. The predicted octanol–water partition coefficient (Wildman–Crippen LogP) is 3.62. The Morgan fingerprint density at radius 2 is 1.96 bits per heavy atom. The van der Waals surface area contributed by atoms with E-state index in [-0.39, 0.29) is 29.4 Å². The van der Waals surface area contributed by atoms with Crippen LogP contribution in [0, 0.1) is 0 Å². The number of nitrogens with one attached hydrogen (secondary N) is 1. The Morgan fingerprint density at radius 1 is 1.19 bits per heavy atom. The summed E-state index contributed by atoms with van der Waals surface area (Å²) in [5, 5.41) is 12.7. The third kappa shape index (κ3) is 3.59. The van der Waals surface area contributed by atoms with E-state index in [0.717, 1.165) is 0 Å². The minimum atomic E-state index is -0.677. The number of cyclic esters (lactones) is 1. The Bertz CT molecular complexity index is 874. The zero-order valence-electron chi connectivity index (χ0n) is 14.3. The molecule has 0 unspecified atom stereocenters. The number of aromatic hydroxyl groups is 1. The molecule has 2 aromatic rings.